The first-order valence-corrected chi connectivity index (χ1v) is 8.04. The number of amides is 2. The Morgan fingerprint density at radius 3 is 2.83 bits per heavy atom. The number of aliphatic hydroxyl groups excluding tert-OH is 1. The number of hydrogen-bond donors (Lipinski definition) is 2. The lowest BCUT2D eigenvalue weighted by Crippen LogP contribution is -2.37. The number of carbonyl (C=O) groups is 1. The Hall–Kier alpha value is -2.41. The maximum absolute atomic E-state index is 13.4. The number of urea groups is 1. The number of aryl methyl sites for hydroxylation is 1. The van der Waals surface area contributed by atoms with Gasteiger partial charge in [0.25, 0.3) is 0 Å². The minimum absolute atomic E-state index is 0.0894. The summed E-state index contributed by atoms with van der Waals surface area (Å²) in [7, 11) is 0. The highest BCUT2D eigenvalue weighted by Crippen LogP contribution is 2.16. The lowest BCUT2D eigenvalue weighted by Gasteiger charge is -2.21. The maximum atomic E-state index is 13.4. The molecule has 0 radical (unpaired) electrons. The van der Waals surface area contributed by atoms with Crippen molar-refractivity contribution in [2.24, 2.45) is 0 Å². The molecule has 0 spiro atoms. The van der Waals surface area contributed by atoms with Crippen LogP contribution in [-0.4, -0.2) is 45.5 Å². The van der Waals surface area contributed by atoms with Gasteiger partial charge in [-0.15, -0.1) is 5.10 Å². The van der Waals surface area contributed by atoms with Crippen LogP contribution in [0, 0.1) is 12.7 Å². The summed E-state index contributed by atoms with van der Waals surface area (Å²) < 4.78 is 14.9. The number of nitrogens with one attached hydrogen (secondary N) is 1. The molecule has 0 atom stereocenters. The number of halogens is 1. The average molecular weight is 334 g/mol. The van der Waals surface area contributed by atoms with E-state index in [0.29, 0.717) is 18.1 Å². The second-order valence-corrected chi connectivity index (χ2v) is 5.56. The van der Waals surface area contributed by atoms with Gasteiger partial charge < -0.3 is 10.0 Å². The Kier molecular flexibility index (Phi) is 6.31. The molecule has 0 aliphatic heterocycles. The molecule has 0 fully saturated rings. The van der Waals surface area contributed by atoms with Gasteiger partial charge in [0.05, 0.1) is 12.3 Å². The number of aliphatic hydroxyl groups is 1. The molecule has 130 valence electrons. The fraction of sp³-hybridized carbons (Fsp3) is 0.412. The van der Waals surface area contributed by atoms with Gasteiger partial charge >= 0.3 is 6.03 Å². The van der Waals surface area contributed by atoms with Gasteiger partial charge in [-0.2, -0.15) is 0 Å². The fourth-order valence-electron chi connectivity index (χ4n) is 2.38. The predicted molar refractivity (Wildman–Crippen MR) is 90.8 cm³/mol. The van der Waals surface area contributed by atoms with Gasteiger partial charge in [-0.1, -0.05) is 19.4 Å². The van der Waals surface area contributed by atoms with E-state index >= 15 is 0 Å². The second kappa shape index (κ2) is 8.44. The molecule has 2 N–H and O–H groups in total. The van der Waals surface area contributed by atoms with Gasteiger partial charge in [0, 0.05) is 24.8 Å². The van der Waals surface area contributed by atoms with Crippen molar-refractivity contribution in [3.05, 3.63) is 41.8 Å². The monoisotopic (exact) mass is 334 g/mol. The molecule has 0 aliphatic rings. The zero-order valence-electron chi connectivity index (χ0n) is 14.0. The number of hydrogen-bond acceptors (Lipinski definition) is 3. The Balaban J connectivity index is 2.12. The molecule has 7 heteroatoms. The molecule has 2 amide bonds. The van der Waals surface area contributed by atoms with E-state index in [1.54, 1.807) is 27.8 Å². The summed E-state index contributed by atoms with van der Waals surface area (Å²) in [5.41, 5.74) is 1.37. The van der Waals surface area contributed by atoms with E-state index in [-0.39, 0.29) is 25.0 Å². The van der Waals surface area contributed by atoms with Crippen LogP contribution in [0.1, 0.15) is 25.5 Å². The Morgan fingerprint density at radius 1 is 1.38 bits per heavy atom. The molecule has 0 saturated heterocycles. The molecule has 6 nitrogen and oxygen atoms in total. The van der Waals surface area contributed by atoms with E-state index in [9.17, 15) is 9.18 Å². The van der Waals surface area contributed by atoms with Crippen LogP contribution in [0.3, 0.4) is 0 Å². The van der Waals surface area contributed by atoms with E-state index in [4.69, 9.17) is 5.11 Å². The standard InChI is InChI=1S/C17H23FN4O2/c1-3-4-8-21(9-10-23)17(24)19-16-11-13(2)22(20-16)15-7-5-6-14(18)12-15/h5-7,11-12,23H,3-4,8-10H2,1-2H3,(H,19,20,24). The first kappa shape index (κ1) is 17.9. The van der Waals surface area contributed by atoms with Gasteiger partial charge in [0.15, 0.2) is 5.82 Å². The van der Waals surface area contributed by atoms with Gasteiger partial charge in [-0.05, 0) is 31.5 Å². The minimum Gasteiger partial charge on any atom is -0.395 e. The second-order valence-electron chi connectivity index (χ2n) is 5.56. The molecular weight excluding hydrogens is 311 g/mol. The van der Waals surface area contributed by atoms with Crippen LogP contribution in [0.2, 0.25) is 0 Å². The van der Waals surface area contributed by atoms with Crippen LogP contribution in [-0.2, 0) is 0 Å². The number of unbranched alkanes of at least 4 members (excludes halogenated alkanes) is 1. The van der Waals surface area contributed by atoms with Crippen LogP contribution in [0.4, 0.5) is 15.0 Å². The summed E-state index contributed by atoms with van der Waals surface area (Å²) in [6.07, 6.45) is 1.83. The zero-order chi connectivity index (χ0) is 17.5. The molecular formula is C17H23FN4O2. The average Bonchev–Trinajstić information content (AvgIpc) is 2.91. The lowest BCUT2D eigenvalue weighted by molar-refractivity contribution is 0.187. The minimum atomic E-state index is -0.346. The van der Waals surface area contributed by atoms with Crippen molar-refractivity contribution in [1.29, 1.82) is 0 Å². The Morgan fingerprint density at radius 2 is 2.17 bits per heavy atom. The van der Waals surface area contributed by atoms with Crippen molar-refractivity contribution in [2.45, 2.75) is 26.7 Å². The quantitative estimate of drug-likeness (QED) is 0.818. The van der Waals surface area contributed by atoms with Gasteiger partial charge in [0.1, 0.15) is 5.82 Å². The van der Waals surface area contributed by atoms with E-state index in [0.717, 1.165) is 18.5 Å². The van der Waals surface area contributed by atoms with Crippen LogP contribution >= 0.6 is 0 Å². The maximum Gasteiger partial charge on any atom is 0.323 e. The third-order valence-corrected chi connectivity index (χ3v) is 3.61. The molecule has 0 unspecified atom stereocenters. The SMILES string of the molecule is CCCCN(CCO)C(=O)Nc1cc(C)n(-c2cccc(F)c2)n1. The van der Waals surface area contributed by atoms with Crippen LogP contribution in [0.15, 0.2) is 30.3 Å². The van der Waals surface area contributed by atoms with E-state index in [1.165, 1.54) is 12.1 Å². The molecule has 0 saturated carbocycles. The number of carbonyl (C=O) groups excluding carboxylic acids is 1. The Bertz CT molecular complexity index is 687. The van der Waals surface area contributed by atoms with E-state index < -0.39 is 0 Å². The van der Waals surface area contributed by atoms with Gasteiger partial charge in [-0.25, -0.2) is 13.9 Å². The summed E-state index contributed by atoms with van der Waals surface area (Å²) in [6, 6.07) is 7.52. The first-order chi connectivity index (χ1) is 11.5. The summed E-state index contributed by atoms with van der Waals surface area (Å²) in [4.78, 5) is 13.9. The van der Waals surface area contributed by atoms with Crippen molar-refractivity contribution < 1.29 is 14.3 Å². The topological polar surface area (TPSA) is 70.4 Å². The highest BCUT2D eigenvalue weighted by atomic mass is 19.1. The lowest BCUT2D eigenvalue weighted by atomic mass is 10.3. The van der Waals surface area contributed by atoms with E-state index in [2.05, 4.69) is 10.4 Å². The summed E-state index contributed by atoms with van der Waals surface area (Å²) in [5.74, 6) is 0.0443. The molecule has 1 heterocycles. The summed E-state index contributed by atoms with van der Waals surface area (Å²) in [5, 5.41) is 16.1. The number of anilines is 1. The summed E-state index contributed by atoms with van der Waals surface area (Å²) in [6.45, 7) is 4.63. The number of aromatic nitrogens is 2. The van der Waals surface area contributed by atoms with Crippen molar-refractivity contribution >= 4 is 11.8 Å². The molecule has 2 aromatic rings. The molecule has 2 rings (SSSR count). The summed E-state index contributed by atoms with van der Waals surface area (Å²) >= 11 is 0. The van der Waals surface area contributed by atoms with Crippen molar-refractivity contribution in [2.75, 3.05) is 25.0 Å². The largest absolute Gasteiger partial charge is 0.395 e. The van der Waals surface area contributed by atoms with Crippen LogP contribution in [0.5, 0.6) is 0 Å². The number of nitrogens with zero attached hydrogens (tertiary/aromatic N) is 3. The fourth-order valence-corrected chi connectivity index (χ4v) is 2.38. The molecule has 24 heavy (non-hydrogen) atoms. The van der Waals surface area contributed by atoms with Crippen LogP contribution in [0.25, 0.3) is 5.69 Å². The normalized spacial score (nSPS) is 10.7. The third kappa shape index (κ3) is 4.55. The molecule has 1 aromatic heterocycles. The highest BCUT2D eigenvalue weighted by molar-refractivity contribution is 5.88. The molecule has 0 bridgehead atoms. The van der Waals surface area contributed by atoms with Crippen LogP contribution < -0.4 is 5.32 Å². The third-order valence-electron chi connectivity index (χ3n) is 3.61. The first-order valence-electron chi connectivity index (χ1n) is 8.04. The molecule has 1 aromatic carbocycles. The Labute approximate surface area is 140 Å². The van der Waals surface area contributed by atoms with Gasteiger partial charge in [-0.3, -0.25) is 5.32 Å². The highest BCUT2D eigenvalue weighted by Gasteiger charge is 2.15. The van der Waals surface area contributed by atoms with Gasteiger partial charge in [0.2, 0.25) is 0 Å². The zero-order valence-corrected chi connectivity index (χ0v) is 14.0. The van der Waals surface area contributed by atoms with E-state index in [1.807, 2.05) is 13.8 Å². The smallest absolute Gasteiger partial charge is 0.323 e. The number of rotatable bonds is 7. The van der Waals surface area contributed by atoms with Crippen molar-refractivity contribution in [1.82, 2.24) is 14.7 Å². The predicted octanol–water partition coefficient (Wildman–Crippen LogP) is 2.95. The van der Waals surface area contributed by atoms with Crippen molar-refractivity contribution in [3.8, 4) is 5.69 Å². The molecule has 0 aliphatic carbocycles. The number of benzene rings is 1. The van der Waals surface area contributed by atoms with Crippen molar-refractivity contribution in [3.63, 3.8) is 0 Å².